The minimum Gasteiger partial charge on any atom is -0.365 e. The summed E-state index contributed by atoms with van der Waals surface area (Å²) in [5.74, 6) is 0.280. The van der Waals surface area contributed by atoms with Crippen LogP contribution in [0.5, 0.6) is 0 Å². The molecule has 1 atom stereocenters. The molecule has 1 aliphatic heterocycles. The fraction of sp³-hybridized carbons (Fsp3) is 0.263. The zero-order valence-corrected chi connectivity index (χ0v) is 14.8. The molecule has 0 radical (unpaired) electrons. The molecule has 3 aromatic rings. The average molecular weight is 363 g/mol. The van der Waals surface area contributed by atoms with Crippen molar-refractivity contribution in [2.45, 2.75) is 18.9 Å². The molecule has 1 fully saturated rings. The lowest BCUT2D eigenvalue weighted by Gasteiger charge is -2.24. The van der Waals surface area contributed by atoms with Crippen LogP contribution in [0.25, 0.3) is 10.9 Å². The maximum atomic E-state index is 11.8. The number of amides is 1. The van der Waals surface area contributed by atoms with Gasteiger partial charge < -0.3 is 21.7 Å². The Morgan fingerprint density at radius 1 is 1.22 bits per heavy atom. The molecule has 5 N–H and O–H groups in total. The van der Waals surface area contributed by atoms with Crippen molar-refractivity contribution in [1.29, 1.82) is 0 Å². The van der Waals surface area contributed by atoms with Gasteiger partial charge in [0.05, 0.1) is 23.6 Å². The molecule has 4 rings (SSSR count). The third-order valence-electron chi connectivity index (χ3n) is 4.51. The van der Waals surface area contributed by atoms with E-state index in [0.29, 0.717) is 17.3 Å². The van der Waals surface area contributed by atoms with Crippen molar-refractivity contribution in [2.75, 3.05) is 23.7 Å². The van der Waals surface area contributed by atoms with Gasteiger partial charge in [0.1, 0.15) is 5.82 Å². The monoisotopic (exact) mass is 363 g/mol. The Hall–Kier alpha value is -3.26. The van der Waals surface area contributed by atoms with E-state index in [2.05, 4.69) is 30.9 Å². The van der Waals surface area contributed by atoms with Gasteiger partial charge >= 0.3 is 0 Å². The minimum absolute atomic E-state index is 0.0930. The third-order valence-corrected chi connectivity index (χ3v) is 4.51. The van der Waals surface area contributed by atoms with E-state index < -0.39 is 5.91 Å². The second-order valence-electron chi connectivity index (χ2n) is 6.55. The molecular formula is C19H21N7O. The van der Waals surface area contributed by atoms with Crippen LogP contribution in [0.15, 0.2) is 42.7 Å². The summed E-state index contributed by atoms with van der Waals surface area (Å²) in [6, 6.07) is 10.0. The molecule has 0 bridgehead atoms. The van der Waals surface area contributed by atoms with Crippen LogP contribution in [0.4, 0.5) is 17.3 Å². The first-order valence-electron chi connectivity index (χ1n) is 8.95. The van der Waals surface area contributed by atoms with E-state index in [4.69, 9.17) is 5.73 Å². The number of nitrogens with zero attached hydrogens (tertiary/aromatic N) is 3. The van der Waals surface area contributed by atoms with Crippen LogP contribution in [0.3, 0.4) is 0 Å². The van der Waals surface area contributed by atoms with Crippen molar-refractivity contribution in [3.05, 3.63) is 48.4 Å². The predicted molar refractivity (Wildman–Crippen MR) is 105 cm³/mol. The molecule has 0 spiro atoms. The van der Waals surface area contributed by atoms with E-state index in [1.807, 2.05) is 30.3 Å². The first kappa shape index (κ1) is 17.2. The molecule has 3 heterocycles. The van der Waals surface area contributed by atoms with E-state index in [1.54, 1.807) is 12.4 Å². The number of para-hydroxylation sites is 1. The fourth-order valence-electron chi connectivity index (χ4n) is 3.19. The predicted octanol–water partition coefficient (Wildman–Crippen LogP) is 2.03. The summed E-state index contributed by atoms with van der Waals surface area (Å²) >= 11 is 0. The van der Waals surface area contributed by atoms with Gasteiger partial charge in [0.25, 0.3) is 5.91 Å². The molecule has 1 amide bonds. The molecule has 2 aromatic heterocycles. The largest absolute Gasteiger partial charge is 0.365 e. The maximum Gasteiger partial charge on any atom is 0.271 e. The van der Waals surface area contributed by atoms with Gasteiger partial charge in [0.15, 0.2) is 11.5 Å². The molecule has 1 aliphatic rings. The molecule has 0 unspecified atom stereocenters. The summed E-state index contributed by atoms with van der Waals surface area (Å²) in [5.41, 5.74) is 7.16. The number of rotatable bonds is 5. The molecule has 8 nitrogen and oxygen atoms in total. The molecule has 27 heavy (non-hydrogen) atoms. The third kappa shape index (κ3) is 3.95. The number of carbonyl (C=O) groups excluding carboxylic acids is 1. The number of nitrogens with one attached hydrogen (secondary N) is 3. The maximum absolute atomic E-state index is 11.8. The van der Waals surface area contributed by atoms with Crippen LogP contribution in [-0.4, -0.2) is 40.0 Å². The molecular weight excluding hydrogens is 342 g/mol. The Balaban J connectivity index is 1.61. The molecule has 1 saturated heterocycles. The summed E-state index contributed by atoms with van der Waals surface area (Å²) in [5, 5.41) is 10.8. The van der Waals surface area contributed by atoms with Crippen molar-refractivity contribution in [3.8, 4) is 0 Å². The number of nitrogens with two attached hydrogens (primary N) is 1. The van der Waals surface area contributed by atoms with Gasteiger partial charge in [-0.15, -0.1) is 0 Å². The van der Waals surface area contributed by atoms with Crippen LogP contribution in [-0.2, 0) is 0 Å². The Labute approximate surface area is 156 Å². The summed E-state index contributed by atoms with van der Waals surface area (Å²) in [6.07, 6.45) is 5.40. The number of primary amides is 1. The van der Waals surface area contributed by atoms with Crippen molar-refractivity contribution in [3.63, 3.8) is 0 Å². The van der Waals surface area contributed by atoms with E-state index >= 15 is 0 Å². The fourth-order valence-corrected chi connectivity index (χ4v) is 3.19. The van der Waals surface area contributed by atoms with Gasteiger partial charge in [-0.05, 0) is 31.5 Å². The lowest BCUT2D eigenvalue weighted by atomic mass is 10.1. The van der Waals surface area contributed by atoms with Crippen molar-refractivity contribution < 1.29 is 4.79 Å². The lowest BCUT2D eigenvalue weighted by molar-refractivity contribution is 0.0996. The Kier molecular flexibility index (Phi) is 4.80. The van der Waals surface area contributed by atoms with Crippen LogP contribution >= 0.6 is 0 Å². The topological polar surface area (TPSA) is 118 Å². The number of hydrogen-bond donors (Lipinski definition) is 4. The molecule has 1 aromatic carbocycles. The zero-order valence-electron chi connectivity index (χ0n) is 14.8. The smallest absolute Gasteiger partial charge is 0.271 e. The average Bonchev–Trinajstić information content (AvgIpc) is 2.69. The van der Waals surface area contributed by atoms with Crippen LogP contribution in [0.2, 0.25) is 0 Å². The molecule has 138 valence electrons. The highest BCUT2D eigenvalue weighted by Gasteiger charge is 2.17. The number of hydrogen-bond acceptors (Lipinski definition) is 7. The van der Waals surface area contributed by atoms with Crippen molar-refractivity contribution in [2.24, 2.45) is 5.73 Å². The number of piperidine rings is 1. The summed E-state index contributed by atoms with van der Waals surface area (Å²) in [4.78, 5) is 24.9. The Bertz CT molecular complexity index is 969. The van der Waals surface area contributed by atoms with Crippen LogP contribution in [0.1, 0.15) is 23.3 Å². The number of fused-ring (bicyclic) bond motifs is 1. The van der Waals surface area contributed by atoms with Gasteiger partial charge in [-0.1, -0.05) is 18.2 Å². The first-order valence-corrected chi connectivity index (χ1v) is 8.95. The van der Waals surface area contributed by atoms with Gasteiger partial charge in [-0.3, -0.25) is 9.78 Å². The quantitative estimate of drug-likeness (QED) is 0.548. The lowest BCUT2D eigenvalue weighted by Crippen LogP contribution is -2.38. The Morgan fingerprint density at radius 3 is 2.93 bits per heavy atom. The molecule has 0 aliphatic carbocycles. The van der Waals surface area contributed by atoms with E-state index in [-0.39, 0.29) is 11.7 Å². The van der Waals surface area contributed by atoms with Crippen LogP contribution < -0.4 is 21.7 Å². The Morgan fingerprint density at radius 2 is 2.11 bits per heavy atom. The second-order valence-corrected chi connectivity index (χ2v) is 6.55. The summed E-state index contributed by atoms with van der Waals surface area (Å²) in [7, 11) is 0. The van der Waals surface area contributed by atoms with Crippen molar-refractivity contribution in [1.82, 2.24) is 20.3 Å². The van der Waals surface area contributed by atoms with E-state index in [0.717, 1.165) is 36.8 Å². The highest BCUT2D eigenvalue weighted by Crippen LogP contribution is 2.22. The number of aromatic nitrogens is 3. The van der Waals surface area contributed by atoms with Crippen molar-refractivity contribution >= 4 is 34.1 Å². The van der Waals surface area contributed by atoms with Gasteiger partial charge in [0.2, 0.25) is 0 Å². The number of benzene rings is 1. The van der Waals surface area contributed by atoms with Crippen LogP contribution in [0, 0.1) is 0 Å². The SMILES string of the molecule is NC(=O)c1ncc(N[C@H]2CCCNC2)nc1Nc1cnc2ccccc2c1. The standard InChI is InChI=1S/C19H21N7O/c20-18(27)17-19(25-14-8-12-4-1-2-6-15(12)22-10-14)26-16(11-23-17)24-13-5-3-7-21-9-13/h1-2,4,6,8,10-11,13,21H,3,5,7,9H2,(H2,20,27)(H2,24,25,26)/t13-/m0/s1. The van der Waals surface area contributed by atoms with Gasteiger partial charge in [0, 0.05) is 18.0 Å². The van der Waals surface area contributed by atoms with E-state index in [9.17, 15) is 4.79 Å². The number of pyridine rings is 1. The molecule has 8 heteroatoms. The summed E-state index contributed by atoms with van der Waals surface area (Å²) < 4.78 is 0. The number of carbonyl (C=O) groups is 1. The van der Waals surface area contributed by atoms with E-state index in [1.165, 1.54) is 0 Å². The highest BCUT2D eigenvalue weighted by molar-refractivity contribution is 5.96. The van der Waals surface area contributed by atoms with Gasteiger partial charge in [-0.25, -0.2) is 9.97 Å². The molecule has 0 saturated carbocycles. The number of anilines is 3. The summed E-state index contributed by atoms with van der Waals surface area (Å²) in [6.45, 7) is 1.91. The zero-order chi connectivity index (χ0) is 18.6. The highest BCUT2D eigenvalue weighted by atomic mass is 16.1. The normalized spacial score (nSPS) is 16.8. The first-order chi connectivity index (χ1) is 13.2. The second kappa shape index (κ2) is 7.55. The van der Waals surface area contributed by atoms with Gasteiger partial charge in [-0.2, -0.15) is 0 Å². The minimum atomic E-state index is -0.635.